The summed E-state index contributed by atoms with van der Waals surface area (Å²) >= 11 is 1.79. The summed E-state index contributed by atoms with van der Waals surface area (Å²) in [5, 5.41) is 6.83. The molecule has 0 aliphatic rings. The molecule has 0 atom stereocenters. The van der Waals surface area contributed by atoms with E-state index in [2.05, 4.69) is 29.5 Å². The molecule has 2 nitrogen and oxygen atoms in total. The van der Waals surface area contributed by atoms with Crippen LogP contribution in [0.1, 0.15) is 36.9 Å². The highest BCUT2D eigenvalue weighted by Gasteiger charge is 1.97. The second-order valence-corrected chi connectivity index (χ2v) is 4.53. The number of hydrogen-bond acceptors (Lipinski definition) is 3. The van der Waals surface area contributed by atoms with Crippen LogP contribution in [0.5, 0.6) is 0 Å². The minimum Gasteiger partial charge on any atom is -0.317 e. The van der Waals surface area contributed by atoms with Gasteiger partial charge in [0.1, 0.15) is 0 Å². The fourth-order valence-corrected chi connectivity index (χ4v) is 2.16. The smallest absolute Gasteiger partial charge is 0.0928 e. The first-order valence-corrected chi connectivity index (χ1v) is 6.32. The van der Waals surface area contributed by atoms with Crippen LogP contribution in [0.2, 0.25) is 0 Å². The average molecular weight is 212 g/mol. The average Bonchev–Trinajstić information content (AvgIpc) is 2.58. The number of aromatic nitrogens is 1. The summed E-state index contributed by atoms with van der Waals surface area (Å²) in [5.41, 5.74) is 1.16. The molecule has 0 radical (unpaired) electrons. The van der Waals surface area contributed by atoms with Crippen LogP contribution in [0.25, 0.3) is 0 Å². The van der Waals surface area contributed by atoms with Gasteiger partial charge in [0.2, 0.25) is 0 Å². The van der Waals surface area contributed by atoms with Crippen LogP contribution in [-0.2, 0) is 6.42 Å². The van der Waals surface area contributed by atoms with Crippen molar-refractivity contribution in [3.05, 3.63) is 16.1 Å². The maximum absolute atomic E-state index is 4.44. The van der Waals surface area contributed by atoms with Gasteiger partial charge in [-0.1, -0.05) is 6.92 Å². The standard InChI is InChI=1S/C11H20N2S/c1-3-7-12-8-5-4-6-11-13-10(2)9-14-11/h9,12H,3-8H2,1-2H3. The maximum Gasteiger partial charge on any atom is 0.0928 e. The minimum atomic E-state index is 1.15. The summed E-state index contributed by atoms with van der Waals surface area (Å²) in [4.78, 5) is 4.44. The Kier molecular flexibility index (Phi) is 5.80. The van der Waals surface area contributed by atoms with Gasteiger partial charge in [0, 0.05) is 11.1 Å². The van der Waals surface area contributed by atoms with Gasteiger partial charge in [0.15, 0.2) is 0 Å². The Morgan fingerprint density at radius 3 is 2.86 bits per heavy atom. The lowest BCUT2D eigenvalue weighted by Crippen LogP contribution is -2.15. The Hall–Kier alpha value is -0.410. The minimum absolute atomic E-state index is 1.15. The van der Waals surface area contributed by atoms with E-state index < -0.39 is 0 Å². The third-order valence-corrected chi connectivity index (χ3v) is 3.11. The van der Waals surface area contributed by atoms with Gasteiger partial charge in [0.25, 0.3) is 0 Å². The van der Waals surface area contributed by atoms with Crippen LogP contribution in [0, 0.1) is 6.92 Å². The van der Waals surface area contributed by atoms with Crippen LogP contribution >= 0.6 is 11.3 Å². The molecule has 0 amide bonds. The molecular formula is C11H20N2S. The molecule has 1 aromatic rings. The summed E-state index contributed by atoms with van der Waals surface area (Å²) in [6.45, 7) is 6.56. The Balaban J connectivity index is 1.99. The molecule has 0 saturated heterocycles. The van der Waals surface area contributed by atoms with Crippen molar-refractivity contribution in [3.8, 4) is 0 Å². The summed E-state index contributed by atoms with van der Waals surface area (Å²) in [6.07, 6.45) is 4.89. The van der Waals surface area contributed by atoms with Gasteiger partial charge in [-0.15, -0.1) is 11.3 Å². The van der Waals surface area contributed by atoms with Gasteiger partial charge in [0.05, 0.1) is 5.01 Å². The summed E-state index contributed by atoms with van der Waals surface area (Å²) in [6, 6.07) is 0. The summed E-state index contributed by atoms with van der Waals surface area (Å²) < 4.78 is 0. The molecule has 0 aromatic carbocycles. The number of nitrogens with one attached hydrogen (secondary N) is 1. The second-order valence-electron chi connectivity index (χ2n) is 3.59. The Morgan fingerprint density at radius 2 is 2.21 bits per heavy atom. The van der Waals surface area contributed by atoms with E-state index in [4.69, 9.17) is 0 Å². The lowest BCUT2D eigenvalue weighted by molar-refractivity contribution is 0.616. The van der Waals surface area contributed by atoms with Crippen molar-refractivity contribution in [1.29, 1.82) is 0 Å². The zero-order valence-corrected chi connectivity index (χ0v) is 9.99. The maximum atomic E-state index is 4.44. The van der Waals surface area contributed by atoms with Gasteiger partial charge in [-0.25, -0.2) is 4.98 Å². The quantitative estimate of drug-likeness (QED) is 0.703. The van der Waals surface area contributed by atoms with Crippen LogP contribution in [0.4, 0.5) is 0 Å². The van der Waals surface area contributed by atoms with Crippen LogP contribution in [0.15, 0.2) is 5.38 Å². The molecule has 0 aliphatic heterocycles. The molecule has 1 heterocycles. The highest BCUT2D eigenvalue weighted by molar-refractivity contribution is 7.09. The molecule has 80 valence electrons. The zero-order chi connectivity index (χ0) is 10.2. The van der Waals surface area contributed by atoms with E-state index in [0.717, 1.165) is 25.2 Å². The first-order chi connectivity index (χ1) is 6.83. The van der Waals surface area contributed by atoms with Gasteiger partial charge >= 0.3 is 0 Å². The first-order valence-electron chi connectivity index (χ1n) is 5.44. The van der Waals surface area contributed by atoms with E-state index in [0.29, 0.717) is 0 Å². The summed E-state index contributed by atoms with van der Waals surface area (Å²) in [5.74, 6) is 0. The van der Waals surface area contributed by atoms with Crippen LogP contribution < -0.4 is 5.32 Å². The predicted molar refractivity (Wildman–Crippen MR) is 62.9 cm³/mol. The van der Waals surface area contributed by atoms with E-state index in [9.17, 15) is 0 Å². The number of rotatable bonds is 7. The third-order valence-electron chi connectivity index (χ3n) is 2.09. The van der Waals surface area contributed by atoms with Crippen molar-refractivity contribution in [3.63, 3.8) is 0 Å². The predicted octanol–water partition coefficient (Wildman–Crippen LogP) is 2.77. The number of thiazole rings is 1. The highest BCUT2D eigenvalue weighted by Crippen LogP contribution is 2.11. The molecule has 3 heteroatoms. The van der Waals surface area contributed by atoms with Gasteiger partial charge < -0.3 is 5.32 Å². The fraction of sp³-hybridized carbons (Fsp3) is 0.727. The van der Waals surface area contributed by atoms with E-state index in [1.54, 1.807) is 11.3 Å². The molecular weight excluding hydrogens is 192 g/mol. The molecule has 1 rings (SSSR count). The van der Waals surface area contributed by atoms with Crippen molar-refractivity contribution in [2.75, 3.05) is 13.1 Å². The molecule has 0 unspecified atom stereocenters. The van der Waals surface area contributed by atoms with Crippen molar-refractivity contribution < 1.29 is 0 Å². The Labute approximate surface area is 90.8 Å². The second kappa shape index (κ2) is 6.96. The fourth-order valence-electron chi connectivity index (χ4n) is 1.35. The molecule has 14 heavy (non-hydrogen) atoms. The number of unbranched alkanes of at least 4 members (excludes halogenated alkanes) is 1. The molecule has 0 saturated carbocycles. The van der Waals surface area contributed by atoms with Gasteiger partial charge in [-0.3, -0.25) is 0 Å². The number of aryl methyl sites for hydroxylation is 2. The Bertz CT molecular complexity index is 245. The Morgan fingerprint density at radius 1 is 1.36 bits per heavy atom. The normalized spacial score (nSPS) is 10.7. The molecule has 0 aliphatic carbocycles. The van der Waals surface area contributed by atoms with Gasteiger partial charge in [-0.2, -0.15) is 0 Å². The van der Waals surface area contributed by atoms with Crippen LogP contribution in [0.3, 0.4) is 0 Å². The number of hydrogen-bond donors (Lipinski definition) is 1. The van der Waals surface area contributed by atoms with E-state index in [1.165, 1.54) is 24.3 Å². The third kappa shape index (κ3) is 4.72. The molecule has 1 N–H and O–H groups in total. The summed E-state index contributed by atoms with van der Waals surface area (Å²) in [7, 11) is 0. The van der Waals surface area contributed by atoms with Crippen molar-refractivity contribution in [1.82, 2.24) is 10.3 Å². The van der Waals surface area contributed by atoms with Crippen molar-refractivity contribution in [2.24, 2.45) is 0 Å². The monoisotopic (exact) mass is 212 g/mol. The zero-order valence-electron chi connectivity index (χ0n) is 9.18. The van der Waals surface area contributed by atoms with E-state index in [-0.39, 0.29) is 0 Å². The van der Waals surface area contributed by atoms with Crippen molar-refractivity contribution in [2.45, 2.75) is 39.5 Å². The molecule has 0 bridgehead atoms. The molecule has 0 spiro atoms. The lowest BCUT2D eigenvalue weighted by Gasteiger charge is -2.01. The molecule has 0 fully saturated rings. The topological polar surface area (TPSA) is 24.9 Å². The number of nitrogens with zero attached hydrogens (tertiary/aromatic N) is 1. The largest absolute Gasteiger partial charge is 0.317 e. The first kappa shape index (κ1) is 11.7. The van der Waals surface area contributed by atoms with E-state index in [1.807, 2.05) is 0 Å². The SMILES string of the molecule is CCCNCCCCc1nc(C)cs1. The van der Waals surface area contributed by atoms with E-state index >= 15 is 0 Å². The van der Waals surface area contributed by atoms with Crippen LogP contribution in [-0.4, -0.2) is 18.1 Å². The molecule has 1 aromatic heterocycles. The highest BCUT2D eigenvalue weighted by atomic mass is 32.1. The van der Waals surface area contributed by atoms with Crippen molar-refractivity contribution >= 4 is 11.3 Å². The van der Waals surface area contributed by atoms with Gasteiger partial charge in [-0.05, 0) is 45.7 Å². The lowest BCUT2D eigenvalue weighted by atomic mass is 10.2.